The summed E-state index contributed by atoms with van der Waals surface area (Å²) in [7, 11) is 0. The summed E-state index contributed by atoms with van der Waals surface area (Å²) < 4.78 is 0. The number of allylic oxidation sites excluding steroid dienone is 1. The second-order valence-electron chi connectivity index (χ2n) is 7.02. The van der Waals surface area contributed by atoms with Crippen molar-refractivity contribution in [2.45, 2.75) is 26.5 Å². The summed E-state index contributed by atoms with van der Waals surface area (Å²) in [5.74, 6) is 0. The zero-order valence-corrected chi connectivity index (χ0v) is 17.1. The van der Waals surface area contributed by atoms with Gasteiger partial charge in [-0.1, -0.05) is 36.4 Å². The largest absolute Gasteiger partial charge is 0.392 e. The maximum Gasteiger partial charge on any atom is 0.0966 e. The minimum Gasteiger partial charge on any atom is -0.392 e. The van der Waals surface area contributed by atoms with E-state index in [-0.39, 0.29) is 12.6 Å². The molecule has 0 aliphatic heterocycles. The fourth-order valence-corrected chi connectivity index (χ4v) is 3.27. The Kier molecular flexibility index (Phi) is 6.74. The van der Waals surface area contributed by atoms with Crippen LogP contribution in [0.2, 0.25) is 0 Å². The number of aliphatic imine (C=N–C) groups is 1. The highest BCUT2D eigenvalue weighted by atomic mass is 16.3. The number of aliphatic hydroxyl groups excluding tert-OH is 1. The zero-order chi connectivity index (χ0) is 21.5. The van der Waals surface area contributed by atoms with E-state index in [9.17, 15) is 10.4 Å². The van der Waals surface area contributed by atoms with Gasteiger partial charge < -0.3 is 10.4 Å². The van der Waals surface area contributed by atoms with Crippen molar-refractivity contribution in [1.29, 1.82) is 5.26 Å². The Hall–Kier alpha value is -3.75. The minimum atomic E-state index is -0.0746. The quantitative estimate of drug-likeness (QED) is 0.426. The van der Waals surface area contributed by atoms with E-state index >= 15 is 0 Å². The smallest absolute Gasteiger partial charge is 0.0966 e. The Morgan fingerprint density at radius 1 is 1.17 bits per heavy atom. The number of benzene rings is 2. The molecule has 0 saturated heterocycles. The molecule has 5 nitrogen and oxygen atoms in total. The van der Waals surface area contributed by atoms with Gasteiger partial charge in [0, 0.05) is 29.6 Å². The van der Waals surface area contributed by atoms with Gasteiger partial charge in [0.2, 0.25) is 0 Å². The van der Waals surface area contributed by atoms with E-state index in [0.29, 0.717) is 17.0 Å². The van der Waals surface area contributed by atoms with Crippen molar-refractivity contribution in [3.05, 3.63) is 89.3 Å². The number of nitriles is 1. The first-order valence-electron chi connectivity index (χ1n) is 9.66. The molecule has 0 bridgehead atoms. The Morgan fingerprint density at radius 3 is 2.60 bits per heavy atom. The second kappa shape index (κ2) is 9.64. The lowest BCUT2D eigenvalue weighted by atomic mass is 9.97. The van der Waals surface area contributed by atoms with Crippen LogP contribution in [0.4, 0.5) is 5.69 Å². The summed E-state index contributed by atoms with van der Waals surface area (Å²) in [6, 6.07) is 20.0. The summed E-state index contributed by atoms with van der Waals surface area (Å²) in [5.41, 5.74) is 6.39. The lowest BCUT2D eigenvalue weighted by Gasteiger charge is -2.21. The van der Waals surface area contributed by atoms with Gasteiger partial charge in [0.15, 0.2) is 0 Å². The highest BCUT2D eigenvalue weighted by Gasteiger charge is 2.16. The van der Waals surface area contributed by atoms with Gasteiger partial charge in [-0.2, -0.15) is 5.26 Å². The van der Waals surface area contributed by atoms with Crippen LogP contribution in [0, 0.1) is 11.3 Å². The van der Waals surface area contributed by atoms with Crippen LogP contribution in [0.25, 0.3) is 16.8 Å². The Labute approximate surface area is 177 Å². The standard InChI is InChI=1S/C25H24N4O/c1-17(13-26)25(29-18(2)20-7-5-4-6-8-20)23-12-21(9-10-24(23)27-3)22-11-19(16-30)14-28-15-22/h4-12,14-15,18,29-30H,3,16H2,1-2H3/b25-17-. The number of nitrogens with zero attached hydrogens (tertiary/aromatic N) is 3. The van der Waals surface area contributed by atoms with E-state index in [2.05, 4.69) is 35.0 Å². The molecule has 1 aromatic heterocycles. The van der Waals surface area contributed by atoms with Gasteiger partial charge in [0.05, 0.1) is 29.6 Å². The molecule has 150 valence electrons. The molecule has 0 aliphatic carbocycles. The van der Waals surface area contributed by atoms with Crippen molar-refractivity contribution in [3.63, 3.8) is 0 Å². The van der Waals surface area contributed by atoms with Gasteiger partial charge in [-0.3, -0.25) is 9.98 Å². The van der Waals surface area contributed by atoms with Crippen LogP contribution in [0.1, 0.15) is 36.6 Å². The number of aromatic nitrogens is 1. The summed E-state index contributed by atoms with van der Waals surface area (Å²) in [6.45, 7) is 7.46. The monoisotopic (exact) mass is 396 g/mol. The Morgan fingerprint density at radius 2 is 1.93 bits per heavy atom. The lowest BCUT2D eigenvalue weighted by Crippen LogP contribution is -2.18. The van der Waals surface area contributed by atoms with Crippen LogP contribution in [0.3, 0.4) is 0 Å². The first-order valence-corrected chi connectivity index (χ1v) is 9.66. The third-order valence-electron chi connectivity index (χ3n) is 4.95. The molecule has 0 radical (unpaired) electrons. The van der Waals surface area contributed by atoms with Crippen molar-refractivity contribution in [2.24, 2.45) is 4.99 Å². The summed E-state index contributed by atoms with van der Waals surface area (Å²) in [4.78, 5) is 8.38. The highest BCUT2D eigenvalue weighted by Crippen LogP contribution is 2.33. The zero-order valence-electron chi connectivity index (χ0n) is 17.1. The number of pyridine rings is 1. The number of aliphatic hydroxyl groups is 1. The fraction of sp³-hybridized carbons (Fsp3) is 0.160. The molecule has 0 aliphatic rings. The van der Waals surface area contributed by atoms with Crippen molar-refractivity contribution in [2.75, 3.05) is 0 Å². The molecule has 0 saturated carbocycles. The first kappa shape index (κ1) is 21.0. The number of nitrogens with one attached hydrogen (secondary N) is 1. The molecule has 3 aromatic rings. The average Bonchev–Trinajstić information content (AvgIpc) is 2.82. The summed E-state index contributed by atoms with van der Waals surface area (Å²) >= 11 is 0. The fourth-order valence-electron chi connectivity index (χ4n) is 3.27. The molecule has 0 spiro atoms. The van der Waals surface area contributed by atoms with Crippen LogP contribution in [0.5, 0.6) is 0 Å². The molecule has 1 heterocycles. The van der Waals surface area contributed by atoms with Gasteiger partial charge >= 0.3 is 0 Å². The maximum atomic E-state index is 9.64. The van der Waals surface area contributed by atoms with E-state index in [1.165, 1.54) is 0 Å². The number of hydrogen-bond donors (Lipinski definition) is 2. The molecule has 2 aromatic carbocycles. The van der Waals surface area contributed by atoms with E-state index in [1.54, 1.807) is 19.3 Å². The molecule has 1 atom stereocenters. The molecule has 2 N–H and O–H groups in total. The molecule has 0 amide bonds. The molecular weight excluding hydrogens is 372 g/mol. The van der Waals surface area contributed by atoms with Crippen LogP contribution in [0.15, 0.2) is 77.6 Å². The summed E-state index contributed by atoms with van der Waals surface area (Å²) in [5, 5.41) is 22.6. The SMILES string of the molecule is C=Nc1ccc(-c2cncc(CO)c2)cc1/C(NC(C)c1ccccc1)=C(\C)C#N. The number of rotatable bonds is 7. The molecule has 30 heavy (non-hydrogen) atoms. The molecular formula is C25H24N4O. The van der Waals surface area contributed by atoms with E-state index in [0.717, 1.165) is 27.8 Å². The molecule has 0 fully saturated rings. The van der Waals surface area contributed by atoms with Gasteiger partial charge in [-0.15, -0.1) is 0 Å². The maximum absolute atomic E-state index is 9.64. The molecule has 3 rings (SSSR count). The normalized spacial score (nSPS) is 12.5. The molecule has 1 unspecified atom stereocenters. The predicted molar refractivity (Wildman–Crippen MR) is 121 cm³/mol. The van der Waals surface area contributed by atoms with Gasteiger partial charge in [0.25, 0.3) is 0 Å². The van der Waals surface area contributed by atoms with Crippen LogP contribution >= 0.6 is 0 Å². The van der Waals surface area contributed by atoms with Gasteiger partial charge in [0.1, 0.15) is 0 Å². The first-order chi connectivity index (χ1) is 14.6. The minimum absolute atomic E-state index is 0.00907. The Balaban J connectivity index is 2.09. The van der Waals surface area contributed by atoms with E-state index in [4.69, 9.17) is 0 Å². The highest BCUT2D eigenvalue weighted by molar-refractivity contribution is 5.82. The molecule has 5 heteroatoms. The van der Waals surface area contributed by atoms with Crippen LogP contribution in [-0.2, 0) is 6.61 Å². The van der Waals surface area contributed by atoms with Crippen molar-refractivity contribution in [3.8, 4) is 17.2 Å². The van der Waals surface area contributed by atoms with Gasteiger partial charge in [-0.25, -0.2) is 0 Å². The topological polar surface area (TPSA) is 81.3 Å². The van der Waals surface area contributed by atoms with Crippen LogP contribution in [-0.4, -0.2) is 16.8 Å². The Bertz CT molecular complexity index is 1110. The second-order valence-corrected chi connectivity index (χ2v) is 7.02. The average molecular weight is 396 g/mol. The van der Waals surface area contributed by atoms with Crippen molar-refractivity contribution in [1.82, 2.24) is 10.3 Å². The van der Waals surface area contributed by atoms with Gasteiger partial charge in [-0.05, 0) is 55.5 Å². The third kappa shape index (κ3) is 4.62. The van der Waals surface area contributed by atoms with E-state index < -0.39 is 0 Å². The third-order valence-corrected chi connectivity index (χ3v) is 4.95. The summed E-state index contributed by atoms with van der Waals surface area (Å²) in [6.07, 6.45) is 3.39. The predicted octanol–water partition coefficient (Wildman–Crippen LogP) is 5.18. The van der Waals surface area contributed by atoms with Crippen molar-refractivity contribution < 1.29 is 5.11 Å². The van der Waals surface area contributed by atoms with E-state index in [1.807, 2.05) is 54.6 Å². The van der Waals surface area contributed by atoms with Crippen LogP contribution < -0.4 is 5.32 Å². The lowest BCUT2D eigenvalue weighted by molar-refractivity contribution is 0.281. The number of hydrogen-bond acceptors (Lipinski definition) is 5. The van der Waals surface area contributed by atoms with Crippen molar-refractivity contribution >= 4 is 18.1 Å².